The Morgan fingerprint density at radius 1 is 1.30 bits per heavy atom. The van der Waals surface area contributed by atoms with Crippen LogP contribution in [0.4, 0.5) is 5.69 Å². The molecule has 1 atom stereocenters. The van der Waals surface area contributed by atoms with Crippen molar-refractivity contribution in [2.75, 3.05) is 19.0 Å². The standard InChI is InChI=1S/C16H17N3O/c1-17-16(12-4-3-7-18-10-12)11-5-6-14-13(8-11)9-15(20)19(14)2/h3-8,10,16-17H,9H2,1-2H3. The lowest BCUT2D eigenvalue weighted by molar-refractivity contribution is -0.117. The summed E-state index contributed by atoms with van der Waals surface area (Å²) in [5.41, 5.74) is 4.38. The van der Waals surface area contributed by atoms with Crippen molar-refractivity contribution in [2.24, 2.45) is 0 Å². The molecule has 2 aromatic rings. The van der Waals surface area contributed by atoms with Crippen LogP contribution in [0, 0.1) is 0 Å². The molecule has 0 bridgehead atoms. The second kappa shape index (κ2) is 5.06. The summed E-state index contributed by atoms with van der Waals surface area (Å²) in [7, 11) is 3.76. The van der Waals surface area contributed by atoms with Gasteiger partial charge in [0.05, 0.1) is 12.5 Å². The highest BCUT2D eigenvalue weighted by molar-refractivity contribution is 6.00. The number of hydrogen-bond donors (Lipinski definition) is 1. The molecule has 1 N–H and O–H groups in total. The Kier molecular flexibility index (Phi) is 3.24. The lowest BCUT2D eigenvalue weighted by Gasteiger charge is -2.18. The zero-order valence-electron chi connectivity index (χ0n) is 11.6. The normalized spacial score (nSPS) is 15.3. The topological polar surface area (TPSA) is 45.2 Å². The largest absolute Gasteiger partial charge is 0.315 e. The van der Waals surface area contributed by atoms with E-state index in [1.807, 2.05) is 32.4 Å². The molecule has 1 aliphatic rings. The van der Waals surface area contributed by atoms with Gasteiger partial charge in [0, 0.05) is 25.1 Å². The Labute approximate surface area is 118 Å². The van der Waals surface area contributed by atoms with Gasteiger partial charge in [-0.15, -0.1) is 0 Å². The van der Waals surface area contributed by atoms with Crippen molar-refractivity contribution in [3.63, 3.8) is 0 Å². The smallest absolute Gasteiger partial charge is 0.231 e. The van der Waals surface area contributed by atoms with Gasteiger partial charge in [0.2, 0.25) is 5.91 Å². The van der Waals surface area contributed by atoms with Gasteiger partial charge in [-0.3, -0.25) is 9.78 Å². The van der Waals surface area contributed by atoms with Crippen molar-refractivity contribution in [2.45, 2.75) is 12.5 Å². The number of anilines is 1. The predicted octanol–water partition coefficient (Wildman–Crippen LogP) is 1.91. The molecule has 1 unspecified atom stereocenters. The number of amides is 1. The second-order valence-electron chi connectivity index (χ2n) is 5.03. The molecule has 2 heterocycles. The summed E-state index contributed by atoms with van der Waals surface area (Å²) in [5, 5.41) is 3.31. The van der Waals surface area contributed by atoms with E-state index in [0.717, 1.165) is 22.4 Å². The van der Waals surface area contributed by atoms with Gasteiger partial charge >= 0.3 is 0 Å². The quantitative estimate of drug-likeness (QED) is 0.924. The van der Waals surface area contributed by atoms with E-state index in [-0.39, 0.29) is 11.9 Å². The third-order valence-electron chi connectivity index (χ3n) is 3.82. The molecular weight excluding hydrogens is 250 g/mol. The summed E-state index contributed by atoms with van der Waals surface area (Å²) in [5.74, 6) is 0.152. The number of nitrogens with one attached hydrogen (secondary N) is 1. The Morgan fingerprint density at radius 2 is 2.15 bits per heavy atom. The number of likely N-dealkylation sites (N-methyl/N-ethyl adjacent to an activating group) is 1. The molecule has 0 aliphatic carbocycles. The molecule has 1 aliphatic heterocycles. The molecule has 0 radical (unpaired) electrons. The third kappa shape index (κ3) is 2.08. The highest BCUT2D eigenvalue weighted by Gasteiger charge is 2.25. The van der Waals surface area contributed by atoms with Gasteiger partial charge in [0.15, 0.2) is 0 Å². The highest BCUT2D eigenvalue weighted by Crippen LogP contribution is 2.31. The molecule has 4 heteroatoms. The first kappa shape index (κ1) is 12.8. The van der Waals surface area contributed by atoms with Crippen molar-refractivity contribution >= 4 is 11.6 Å². The minimum Gasteiger partial charge on any atom is -0.315 e. The van der Waals surface area contributed by atoms with Crippen LogP contribution in [0.25, 0.3) is 0 Å². The Hall–Kier alpha value is -2.20. The summed E-state index contributed by atoms with van der Waals surface area (Å²) in [4.78, 5) is 17.6. The maximum absolute atomic E-state index is 11.8. The maximum Gasteiger partial charge on any atom is 0.231 e. The molecule has 3 rings (SSSR count). The van der Waals surface area contributed by atoms with E-state index in [2.05, 4.69) is 28.5 Å². The van der Waals surface area contributed by atoms with Crippen molar-refractivity contribution < 1.29 is 4.79 Å². The molecule has 1 aromatic carbocycles. The van der Waals surface area contributed by atoms with Gasteiger partial charge in [-0.1, -0.05) is 18.2 Å². The summed E-state index contributed by atoms with van der Waals surface area (Å²) in [6.07, 6.45) is 4.13. The number of benzene rings is 1. The number of hydrogen-bond acceptors (Lipinski definition) is 3. The molecule has 0 fully saturated rings. The van der Waals surface area contributed by atoms with Crippen molar-refractivity contribution in [3.05, 3.63) is 59.4 Å². The Bertz CT molecular complexity index is 639. The van der Waals surface area contributed by atoms with E-state index in [1.54, 1.807) is 11.1 Å². The number of nitrogens with zero attached hydrogens (tertiary/aromatic N) is 2. The van der Waals surface area contributed by atoms with Crippen molar-refractivity contribution in [1.82, 2.24) is 10.3 Å². The van der Waals surface area contributed by atoms with Crippen LogP contribution < -0.4 is 10.2 Å². The number of carbonyl (C=O) groups is 1. The Balaban J connectivity index is 1.99. The first-order chi connectivity index (χ1) is 9.70. The molecular formula is C16H17N3O. The van der Waals surface area contributed by atoms with Crippen LogP contribution in [0.1, 0.15) is 22.7 Å². The molecule has 20 heavy (non-hydrogen) atoms. The predicted molar refractivity (Wildman–Crippen MR) is 78.7 cm³/mol. The Morgan fingerprint density at radius 3 is 2.85 bits per heavy atom. The molecule has 0 saturated carbocycles. The van der Waals surface area contributed by atoms with Gasteiger partial charge in [-0.2, -0.15) is 0 Å². The van der Waals surface area contributed by atoms with Crippen molar-refractivity contribution in [1.29, 1.82) is 0 Å². The molecule has 4 nitrogen and oxygen atoms in total. The SMILES string of the molecule is CNC(c1cccnc1)c1ccc2c(c1)CC(=O)N2C. The number of pyridine rings is 1. The van der Waals surface area contributed by atoms with E-state index in [0.29, 0.717) is 6.42 Å². The molecule has 0 saturated heterocycles. The molecule has 1 aromatic heterocycles. The summed E-state index contributed by atoms with van der Waals surface area (Å²) in [6, 6.07) is 10.3. The van der Waals surface area contributed by atoms with Crippen LogP contribution in [0.5, 0.6) is 0 Å². The summed E-state index contributed by atoms with van der Waals surface area (Å²) in [6.45, 7) is 0. The van der Waals surface area contributed by atoms with Gasteiger partial charge in [0.25, 0.3) is 0 Å². The first-order valence-electron chi connectivity index (χ1n) is 6.67. The average Bonchev–Trinajstić information content (AvgIpc) is 2.76. The summed E-state index contributed by atoms with van der Waals surface area (Å²) < 4.78 is 0. The van der Waals surface area contributed by atoms with Crippen molar-refractivity contribution in [3.8, 4) is 0 Å². The molecule has 1 amide bonds. The zero-order valence-corrected chi connectivity index (χ0v) is 11.6. The van der Waals surface area contributed by atoms with Crippen LogP contribution in [-0.4, -0.2) is 25.0 Å². The lowest BCUT2D eigenvalue weighted by atomic mass is 9.97. The van der Waals surface area contributed by atoms with Gasteiger partial charge in [-0.05, 0) is 35.9 Å². The highest BCUT2D eigenvalue weighted by atomic mass is 16.2. The fraction of sp³-hybridized carbons (Fsp3) is 0.250. The van der Waals surface area contributed by atoms with Gasteiger partial charge < -0.3 is 10.2 Å². The van der Waals surface area contributed by atoms with Gasteiger partial charge in [0.1, 0.15) is 0 Å². The lowest BCUT2D eigenvalue weighted by Crippen LogP contribution is -2.20. The van der Waals surface area contributed by atoms with E-state index in [9.17, 15) is 4.79 Å². The summed E-state index contributed by atoms with van der Waals surface area (Å²) >= 11 is 0. The van der Waals surface area contributed by atoms with Crippen LogP contribution in [-0.2, 0) is 11.2 Å². The number of carbonyl (C=O) groups excluding carboxylic acids is 1. The monoisotopic (exact) mass is 267 g/mol. The van der Waals surface area contributed by atoms with E-state index in [4.69, 9.17) is 0 Å². The van der Waals surface area contributed by atoms with Crippen LogP contribution in [0.15, 0.2) is 42.7 Å². The van der Waals surface area contributed by atoms with E-state index >= 15 is 0 Å². The van der Waals surface area contributed by atoms with E-state index < -0.39 is 0 Å². The van der Waals surface area contributed by atoms with Crippen LogP contribution in [0.3, 0.4) is 0 Å². The molecule has 102 valence electrons. The maximum atomic E-state index is 11.8. The minimum atomic E-state index is 0.0926. The fourth-order valence-electron chi connectivity index (χ4n) is 2.74. The van der Waals surface area contributed by atoms with E-state index in [1.165, 1.54) is 0 Å². The van der Waals surface area contributed by atoms with Crippen LogP contribution >= 0.6 is 0 Å². The zero-order chi connectivity index (χ0) is 14.1. The fourth-order valence-corrected chi connectivity index (χ4v) is 2.74. The first-order valence-corrected chi connectivity index (χ1v) is 6.67. The second-order valence-corrected chi connectivity index (χ2v) is 5.03. The average molecular weight is 267 g/mol. The molecule has 0 spiro atoms. The minimum absolute atomic E-state index is 0.0926. The third-order valence-corrected chi connectivity index (χ3v) is 3.82. The van der Waals surface area contributed by atoms with Gasteiger partial charge in [-0.25, -0.2) is 0 Å². The number of aromatic nitrogens is 1. The number of rotatable bonds is 3. The van der Waals surface area contributed by atoms with Crippen LogP contribution in [0.2, 0.25) is 0 Å². The number of fused-ring (bicyclic) bond motifs is 1.